The Bertz CT molecular complexity index is 1440. The van der Waals surface area contributed by atoms with Gasteiger partial charge in [0, 0.05) is 30.4 Å². The highest BCUT2D eigenvalue weighted by molar-refractivity contribution is 6.24. The molecule has 0 bridgehead atoms. The monoisotopic (exact) mass is 574 g/mol. The fraction of sp³-hybridized carbons (Fsp3) is 0.387. The number of carboxylic acids is 1. The average Bonchev–Trinajstić information content (AvgIpc) is 3.36. The minimum atomic E-state index is -1.50. The number of hydroxylamine groups is 2. The molecular formula is C31H34N4O7. The lowest BCUT2D eigenvalue weighted by atomic mass is 10.0. The Morgan fingerprint density at radius 3 is 2.14 bits per heavy atom. The summed E-state index contributed by atoms with van der Waals surface area (Å²) in [5.41, 5.74) is 2.95. The normalized spacial score (nSPS) is 24.4. The molecule has 1 heterocycles. The second-order valence-electron chi connectivity index (χ2n) is 11.4. The molecule has 0 radical (unpaired) electrons. The third-order valence-corrected chi connectivity index (χ3v) is 8.29. The molecule has 2 fully saturated rings. The first-order valence-electron chi connectivity index (χ1n) is 13.9. The SMILES string of the molecule is C=C[C@@H]1C[C@@]1(NC(=O)[C@@H]1C[C@@H](ON=C2c3ccccc3-c3ccccc32)CN1C(=O)[C@@H](C(C)C)N(O)C(C)=O)C(=O)O. The van der Waals surface area contributed by atoms with E-state index in [-0.39, 0.29) is 19.4 Å². The molecule has 42 heavy (non-hydrogen) atoms. The van der Waals surface area contributed by atoms with Gasteiger partial charge in [-0.2, -0.15) is 0 Å². The summed E-state index contributed by atoms with van der Waals surface area (Å²) < 4.78 is 0. The number of hydrogen-bond acceptors (Lipinski definition) is 7. The molecule has 2 aromatic rings. The van der Waals surface area contributed by atoms with Gasteiger partial charge < -0.3 is 20.2 Å². The number of carbonyl (C=O) groups is 4. The summed E-state index contributed by atoms with van der Waals surface area (Å²) >= 11 is 0. The van der Waals surface area contributed by atoms with Gasteiger partial charge in [0.15, 0.2) is 0 Å². The van der Waals surface area contributed by atoms with Crippen molar-refractivity contribution in [3.63, 3.8) is 0 Å². The Kier molecular flexibility index (Phi) is 7.63. The number of carbonyl (C=O) groups excluding carboxylic acids is 3. The molecule has 2 aromatic carbocycles. The highest BCUT2D eigenvalue weighted by atomic mass is 16.6. The number of carboxylic acid groups (broad SMARTS) is 1. The number of nitrogens with zero attached hydrogens (tertiary/aromatic N) is 3. The third-order valence-electron chi connectivity index (χ3n) is 8.29. The fourth-order valence-electron chi connectivity index (χ4n) is 5.94. The summed E-state index contributed by atoms with van der Waals surface area (Å²) in [5.74, 6) is -4.16. The molecule has 0 unspecified atom stereocenters. The molecule has 2 aliphatic carbocycles. The summed E-state index contributed by atoms with van der Waals surface area (Å²) in [6.45, 7) is 8.08. The number of hydrogen-bond donors (Lipinski definition) is 3. The summed E-state index contributed by atoms with van der Waals surface area (Å²) in [6, 6.07) is 13.2. The molecule has 11 nitrogen and oxygen atoms in total. The number of likely N-dealkylation sites (tertiary alicyclic amines) is 1. The maximum Gasteiger partial charge on any atom is 0.330 e. The van der Waals surface area contributed by atoms with Gasteiger partial charge in [0.2, 0.25) is 17.7 Å². The van der Waals surface area contributed by atoms with Crippen LogP contribution < -0.4 is 5.32 Å². The zero-order valence-corrected chi connectivity index (χ0v) is 23.7. The minimum Gasteiger partial charge on any atom is -0.479 e. The van der Waals surface area contributed by atoms with Gasteiger partial charge in [-0.25, -0.2) is 9.86 Å². The maximum atomic E-state index is 13.8. The average molecular weight is 575 g/mol. The summed E-state index contributed by atoms with van der Waals surface area (Å²) in [4.78, 5) is 58.6. The number of aliphatic carboxylic acids is 1. The van der Waals surface area contributed by atoms with Crippen molar-refractivity contribution in [1.82, 2.24) is 15.3 Å². The van der Waals surface area contributed by atoms with Gasteiger partial charge in [0.1, 0.15) is 29.4 Å². The second kappa shape index (κ2) is 11.1. The highest BCUT2D eigenvalue weighted by Crippen LogP contribution is 2.45. The molecule has 0 aromatic heterocycles. The van der Waals surface area contributed by atoms with Crippen molar-refractivity contribution < 1.29 is 34.3 Å². The first-order chi connectivity index (χ1) is 20.0. The van der Waals surface area contributed by atoms with Crippen LogP contribution in [0.4, 0.5) is 0 Å². The van der Waals surface area contributed by atoms with E-state index < -0.39 is 59.3 Å². The van der Waals surface area contributed by atoms with E-state index in [2.05, 4.69) is 17.1 Å². The number of rotatable bonds is 9. The molecule has 1 saturated heterocycles. The molecule has 5 rings (SSSR count). The van der Waals surface area contributed by atoms with E-state index >= 15 is 0 Å². The number of nitrogens with one attached hydrogen (secondary N) is 1. The molecule has 1 saturated carbocycles. The van der Waals surface area contributed by atoms with Gasteiger partial charge in [-0.3, -0.25) is 19.6 Å². The van der Waals surface area contributed by atoms with Gasteiger partial charge in [-0.05, 0) is 23.5 Å². The van der Waals surface area contributed by atoms with Crippen molar-refractivity contribution >= 4 is 29.4 Å². The van der Waals surface area contributed by atoms with E-state index in [0.717, 1.165) is 29.2 Å². The van der Waals surface area contributed by atoms with Gasteiger partial charge in [0.05, 0.1) is 6.54 Å². The lowest BCUT2D eigenvalue weighted by Gasteiger charge is -2.33. The first-order valence-corrected chi connectivity index (χ1v) is 13.9. The van der Waals surface area contributed by atoms with Crippen molar-refractivity contribution in [1.29, 1.82) is 0 Å². The Morgan fingerprint density at radius 2 is 1.67 bits per heavy atom. The van der Waals surface area contributed by atoms with Crippen molar-refractivity contribution in [2.24, 2.45) is 17.0 Å². The topological polar surface area (TPSA) is 149 Å². The quantitative estimate of drug-likeness (QED) is 0.202. The van der Waals surface area contributed by atoms with Crippen LogP contribution in [0.2, 0.25) is 0 Å². The lowest BCUT2D eigenvalue weighted by Crippen LogP contribution is -2.57. The van der Waals surface area contributed by atoms with Crippen LogP contribution in [0.25, 0.3) is 11.1 Å². The van der Waals surface area contributed by atoms with Gasteiger partial charge in [-0.1, -0.05) is 73.6 Å². The van der Waals surface area contributed by atoms with E-state index in [4.69, 9.17) is 4.84 Å². The molecule has 0 spiro atoms. The fourth-order valence-corrected chi connectivity index (χ4v) is 5.94. The van der Waals surface area contributed by atoms with Crippen molar-refractivity contribution in [2.45, 2.75) is 57.3 Å². The van der Waals surface area contributed by atoms with Crippen molar-refractivity contribution in [3.05, 3.63) is 72.3 Å². The standard InChI is InChI=1S/C31H34N4O7/c1-5-19-15-31(19,30(39)40)32-28(37)25-14-20(16-34(25)29(38)27(17(2)3)35(41)18(4)36)42-33-26-23-12-8-6-10-21(23)22-11-7-9-13-24(22)26/h5-13,17,19-20,25,27,41H,1,14-16H2,2-4H3,(H,32,37)(H,39,40)/t19-,20-,25+,27-,31+/m1/s1. The van der Waals surface area contributed by atoms with E-state index in [9.17, 15) is 29.5 Å². The van der Waals surface area contributed by atoms with E-state index in [0.29, 0.717) is 10.8 Å². The summed E-state index contributed by atoms with van der Waals surface area (Å²) in [5, 5.41) is 27.7. The number of amides is 3. The van der Waals surface area contributed by atoms with Crippen molar-refractivity contribution in [2.75, 3.05) is 6.54 Å². The molecule has 3 N–H and O–H groups in total. The Morgan fingerprint density at radius 1 is 1.10 bits per heavy atom. The van der Waals surface area contributed by atoms with Crippen molar-refractivity contribution in [3.8, 4) is 11.1 Å². The van der Waals surface area contributed by atoms with Crippen LogP contribution in [0.5, 0.6) is 0 Å². The van der Waals surface area contributed by atoms with Crippen LogP contribution in [-0.2, 0) is 24.0 Å². The van der Waals surface area contributed by atoms with Crippen LogP contribution in [0.15, 0.2) is 66.3 Å². The van der Waals surface area contributed by atoms with Gasteiger partial charge in [0.25, 0.3) is 0 Å². The van der Waals surface area contributed by atoms with Crippen LogP contribution in [-0.4, -0.2) is 80.0 Å². The smallest absolute Gasteiger partial charge is 0.330 e. The van der Waals surface area contributed by atoms with Gasteiger partial charge >= 0.3 is 5.97 Å². The molecular weight excluding hydrogens is 540 g/mol. The van der Waals surface area contributed by atoms with E-state index in [1.54, 1.807) is 13.8 Å². The van der Waals surface area contributed by atoms with Crippen LogP contribution >= 0.6 is 0 Å². The molecule has 11 heteroatoms. The highest BCUT2D eigenvalue weighted by Gasteiger charge is 2.61. The number of fused-ring (bicyclic) bond motifs is 3. The predicted molar refractivity (Wildman–Crippen MR) is 152 cm³/mol. The van der Waals surface area contributed by atoms with Gasteiger partial charge in [-0.15, -0.1) is 6.58 Å². The molecule has 1 aliphatic heterocycles. The lowest BCUT2D eigenvalue weighted by molar-refractivity contribution is -0.186. The van der Waals surface area contributed by atoms with Crippen LogP contribution in [0.3, 0.4) is 0 Å². The Labute approximate surface area is 243 Å². The maximum absolute atomic E-state index is 13.8. The Balaban J connectivity index is 1.44. The number of oxime groups is 1. The molecule has 3 amide bonds. The molecule has 220 valence electrons. The second-order valence-corrected chi connectivity index (χ2v) is 11.4. The summed E-state index contributed by atoms with van der Waals surface area (Å²) in [6.07, 6.45) is 0.983. The number of benzene rings is 2. The molecule has 3 aliphatic rings. The van der Waals surface area contributed by atoms with Crippen LogP contribution in [0, 0.1) is 11.8 Å². The van der Waals surface area contributed by atoms with E-state index in [1.165, 1.54) is 11.0 Å². The van der Waals surface area contributed by atoms with Crippen LogP contribution in [0.1, 0.15) is 44.7 Å². The zero-order valence-electron chi connectivity index (χ0n) is 23.7. The predicted octanol–water partition coefficient (Wildman–Crippen LogP) is 2.81. The Hall–Kier alpha value is -4.51. The molecule has 5 atom stereocenters. The third kappa shape index (κ3) is 4.94. The summed E-state index contributed by atoms with van der Waals surface area (Å²) in [7, 11) is 0. The zero-order chi connectivity index (χ0) is 30.3. The largest absolute Gasteiger partial charge is 0.479 e. The minimum absolute atomic E-state index is 0.0302. The first kappa shape index (κ1) is 29.0. The van der Waals surface area contributed by atoms with E-state index in [1.807, 2.05) is 48.5 Å².